The van der Waals surface area contributed by atoms with Crippen molar-refractivity contribution in [1.29, 1.82) is 0 Å². The van der Waals surface area contributed by atoms with Gasteiger partial charge in [-0.1, -0.05) is 0 Å². The first-order valence-electron chi connectivity index (χ1n) is 3.79. The van der Waals surface area contributed by atoms with Crippen molar-refractivity contribution in [3.63, 3.8) is 0 Å². The molecule has 0 unspecified atom stereocenters. The normalized spacial score (nSPS) is 20.4. The van der Waals surface area contributed by atoms with Crippen LogP contribution < -0.4 is 0 Å². The monoisotopic (exact) mass is 278 g/mol. The minimum Gasteiger partial charge on any atom is -0.203 e. The molecule has 0 aromatic heterocycles. The number of alkyl halides is 2. The van der Waals surface area contributed by atoms with Crippen molar-refractivity contribution in [2.75, 3.05) is 0 Å². The molecule has 17 heavy (non-hydrogen) atoms. The molecule has 94 valence electrons. The van der Waals surface area contributed by atoms with E-state index in [1.807, 2.05) is 0 Å². The van der Waals surface area contributed by atoms with E-state index in [0.717, 1.165) is 0 Å². The lowest BCUT2D eigenvalue weighted by atomic mass is 10.1. The van der Waals surface area contributed by atoms with Gasteiger partial charge in [0.05, 0.1) is 0 Å². The molecule has 3 nitrogen and oxygen atoms in total. The fourth-order valence-corrected chi connectivity index (χ4v) is 2.54. The Balaban J connectivity index is 3.03. The molecule has 2 rings (SSSR count). The molecule has 0 fully saturated rings. The topological polar surface area (TPSA) is 43.4 Å². The van der Waals surface area contributed by atoms with Gasteiger partial charge in [-0.15, -0.1) is 0 Å². The molecule has 1 aliphatic rings. The van der Waals surface area contributed by atoms with Gasteiger partial charge in [0.25, 0.3) is 0 Å². The van der Waals surface area contributed by atoms with E-state index < -0.39 is 50.0 Å². The number of halogens is 6. The second-order valence-electron chi connectivity index (χ2n) is 3.01. The lowest BCUT2D eigenvalue weighted by molar-refractivity contribution is -0.177. The minimum atomic E-state index is -5.38. The van der Waals surface area contributed by atoms with E-state index in [9.17, 15) is 34.8 Å². The standard InChI is InChI=1S/C7F6O3S/c8-2-1-6(5(11)4(10)3(2)9)17(14,15)16-7(1,12)13. The van der Waals surface area contributed by atoms with E-state index in [1.54, 1.807) is 0 Å². The highest BCUT2D eigenvalue weighted by Crippen LogP contribution is 2.47. The molecule has 0 bridgehead atoms. The summed E-state index contributed by atoms with van der Waals surface area (Å²) in [6.07, 6.45) is -4.78. The zero-order chi connectivity index (χ0) is 13.2. The van der Waals surface area contributed by atoms with Crippen molar-refractivity contribution in [2.24, 2.45) is 0 Å². The summed E-state index contributed by atoms with van der Waals surface area (Å²) in [5.41, 5.74) is -2.17. The van der Waals surface area contributed by atoms with Crippen molar-refractivity contribution in [2.45, 2.75) is 11.0 Å². The average molecular weight is 278 g/mol. The molecule has 1 aromatic rings. The van der Waals surface area contributed by atoms with Crippen LogP contribution in [0.4, 0.5) is 26.3 Å². The van der Waals surface area contributed by atoms with Crippen LogP contribution in [-0.4, -0.2) is 8.42 Å². The largest absolute Gasteiger partial charge is 0.401 e. The fourth-order valence-electron chi connectivity index (χ4n) is 1.33. The lowest BCUT2D eigenvalue weighted by Gasteiger charge is -2.07. The van der Waals surface area contributed by atoms with E-state index in [0.29, 0.717) is 0 Å². The molecule has 1 aliphatic heterocycles. The number of hydrogen-bond donors (Lipinski definition) is 0. The summed E-state index contributed by atoms with van der Waals surface area (Å²) in [7, 11) is -5.38. The minimum absolute atomic E-state index is 2.03. The summed E-state index contributed by atoms with van der Waals surface area (Å²) in [6, 6.07) is 0. The number of rotatable bonds is 0. The summed E-state index contributed by atoms with van der Waals surface area (Å²) in [4.78, 5) is -2.03. The van der Waals surface area contributed by atoms with Crippen LogP contribution in [0.5, 0.6) is 0 Å². The Labute approximate surface area is 89.7 Å². The summed E-state index contributed by atoms with van der Waals surface area (Å²) in [5, 5.41) is 0. The van der Waals surface area contributed by atoms with Crippen molar-refractivity contribution in [1.82, 2.24) is 0 Å². The van der Waals surface area contributed by atoms with Crippen molar-refractivity contribution in [3.05, 3.63) is 28.8 Å². The third-order valence-corrected chi connectivity index (χ3v) is 3.29. The highest BCUT2D eigenvalue weighted by Gasteiger charge is 2.56. The van der Waals surface area contributed by atoms with Gasteiger partial charge >= 0.3 is 16.2 Å². The van der Waals surface area contributed by atoms with E-state index in [1.165, 1.54) is 0 Å². The van der Waals surface area contributed by atoms with Gasteiger partial charge in [0.15, 0.2) is 23.3 Å². The smallest absolute Gasteiger partial charge is 0.203 e. The molecule has 0 amide bonds. The molecule has 0 N–H and O–H groups in total. The van der Waals surface area contributed by atoms with Crippen LogP contribution in [0.1, 0.15) is 5.56 Å². The molecule has 0 saturated heterocycles. The van der Waals surface area contributed by atoms with Crippen LogP contribution in [0.2, 0.25) is 0 Å². The Morgan fingerprint density at radius 2 is 1.35 bits per heavy atom. The summed E-state index contributed by atoms with van der Waals surface area (Å²) in [6.45, 7) is 0. The van der Waals surface area contributed by atoms with Gasteiger partial charge in [-0.3, -0.25) is 0 Å². The van der Waals surface area contributed by atoms with Crippen LogP contribution in [0.15, 0.2) is 4.90 Å². The number of hydrogen-bond acceptors (Lipinski definition) is 3. The second kappa shape index (κ2) is 3.13. The molecule has 1 aromatic carbocycles. The van der Waals surface area contributed by atoms with E-state index >= 15 is 0 Å². The fraction of sp³-hybridized carbons (Fsp3) is 0.143. The molecule has 0 aliphatic carbocycles. The van der Waals surface area contributed by atoms with Crippen LogP contribution >= 0.6 is 0 Å². The maximum atomic E-state index is 13.0. The van der Waals surface area contributed by atoms with E-state index in [-0.39, 0.29) is 0 Å². The Hall–Kier alpha value is -1.29. The van der Waals surface area contributed by atoms with Crippen LogP contribution in [-0.2, 0) is 20.4 Å². The number of fused-ring (bicyclic) bond motifs is 1. The van der Waals surface area contributed by atoms with Gasteiger partial charge in [-0.05, 0) is 0 Å². The summed E-state index contributed by atoms with van der Waals surface area (Å²) < 4.78 is 102. The molecule has 0 atom stereocenters. The van der Waals surface area contributed by atoms with E-state index in [2.05, 4.69) is 4.18 Å². The third-order valence-electron chi connectivity index (χ3n) is 1.98. The Morgan fingerprint density at radius 3 is 1.88 bits per heavy atom. The summed E-state index contributed by atoms with van der Waals surface area (Å²) >= 11 is 0. The Bertz CT molecular complexity index is 623. The molecule has 1 heterocycles. The average Bonchev–Trinajstić information content (AvgIpc) is 2.36. The first-order valence-corrected chi connectivity index (χ1v) is 5.20. The van der Waals surface area contributed by atoms with Crippen LogP contribution in [0, 0.1) is 23.3 Å². The van der Waals surface area contributed by atoms with Gasteiger partial charge < -0.3 is 0 Å². The first-order chi connectivity index (χ1) is 7.59. The SMILES string of the molecule is O=S1(=O)OC(F)(F)c2c(F)c(F)c(F)c(F)c21. The predicted octanol–water partition coefficient (Wildman–Crippen LogP) is 2.01. The molecular formula is C7F6O3S. The maximum Gasteiger partial charge on any atom is 0.401 e. The zero-order valence-electron chi connectivity index (χ0n) is 7.40. The molecule has 0 spiro atoms. The van der Waals surface area contributed by atoms with Gasteiger partial charge in [-0.25, -0.2) is 17.6 Å². The first kappa shape index (κ1) is 12.2. The number of benzene rings is 1. The Morgan fingerprint density at radius 1 is 0.882 bits per heavy atom. The summed E-state index contributed by atoms with van der Waals surface area (Å²) in [5.74, 6) is -10.0. The quantitative estimate of drug-likeness (QED) is 0.315. The molecule has 0 radical (unpaired) electrons. The predicted molar refractivity (Wildman–Crippen MR) is 38.4 cm³/mol. The highest BCUT2D eigenvalue weighted by atomic mass is 32.2. The second-order valence-corrected chi connectivity index (χ2v) is 4.50. The molecular weight excluding hydrogens is 278 g/mol. The van der Waals surface area contributed by atoms with Crippen molar-refractivity contribution >= 4 is 10.1 Å². The van der Waals surface area contributed by atoms with Crippen molar-refractivity contribution in [3.8, 4) is 0 Å². The zero-order valence-corrected chi connectivity index (χ0v) is 8.22. The van der Waals surface area contributed by atoms with E-state index in [4.69, 9.17) is 0 Å². The van der Waals surface area contributed by atoms with Gasteiger partial charge in [0, 0.05) is 0 Å². The van der Waals surface area contributed by atoms with Crippen molar-refractivity contribution < 1.29 is 38.9 Å². The van der Waals surface area contributed by atoms with Gasteiger partial charge in [-0.2, -0.15) is 21.4 Å². The van der Waals surface area contributed by atoms with Gasteiger partial charge in [0.1, 0.15) is 10.5 Å². The Kier molecular flexibility index (Phi) is 2.24. The van der Waals surface area contributed by atoms with Gasteiger partial charge in [0.2, 0.25) is 0 Å². The molecule has 10 heteroatoms. The highest BCUT2D eigenvalue weighted by molar-refractivity contribution is 7.87. The van der Waals surface area contributed by atoms with Crippen LogP contribution in [0.3, 0.4) is 0 Å². The maximum absolute atomic E-state index is 13.0. The lowest BCUT2D eigenvalue weighted by Crippen LogP contribution is -2.15. The third kappa shape index (κ3) is 1.43. The van der Waals surface area contributed by atoms with Crippen LogP contribution in [0.25, 0.3) is 0 Å². The molecule has 0 saturated carbocycles.